The van der Waals surface area contributed by atoms with Crippen LogP contribution in [0.2, 0.25) is 5.02 Å². The molecule has 0 heterocycles. The van der Waals surface area contributed by atoms with Crippen molar-refractivity contribution < 1.29 is 14.7 Å². The molecule has 0 aliphatic carbocycles. The molecule has 0 aliphatic rings. The van der Waals surface area contributed by atoms with E-state index in [1.165, 1.54) is 0 Å². The first-order chi connectivity index (χ1) is 10.1. The third-order valence-corrected chi connectivity index (χ3v) is 2.92. The predicted molar refractivity (Wildman–Crippen MR) is 82.1 cm³/mol. The maximum atomic E-state index is 11.7. The fourth-order valence-electron chi connectivity index (χ4n) is 1.61. The van der Waals surface area contributed by atoms with Crippen LogP contribution in [0.15, 0.2) is 60.7 Å². The number of anilines is 1. The number of aliphatic hydroxyl groups is 1. The van der Waals surface area contributed by atoms with Crippen LogP contribution < -0.4 is 5.32 Å². The number of hydrogen-bond acceptors (Lipinski definition) is 3. The molecular formula is C16H12ClNO3. The van der Waals surface area contributed by atoms with Crippen LogP contribution in [-0.2, 0) is 9.59 Å². The Morgan fingerprint density at radius 1 is 1.00 bits per heavy atom. The van der Waals surface area contributed by atoms with Crippen LogP contribution in [0.1, 0.15) is 5.56 Å². The minimum atomic E-state index is -0.841. The van der Waals surface area contributed by atoms with Crippen molar-refractivity contribution in [3.63, 3.8) is 0 Å². The molecular weight excluding hydrogens is 290 g/mol. The van der Waals surface area contributed by atoms with Crippen molar-refractivity contribution in [1.82, 2.24) is 0 Å². The first-order valence-electron chi connectivity index (χ1n) is 6.13. The number of amides is 1. The molecule has 0 unspecified atom stereocenters. The third-order valence-electron chi connectivity index (χ3n) is 2.66. The van der Waals surface area contributed by atoms with Gasteiger partial charge in [0.05, 0.1) is 0 Å². The van der Waals surface area contributed by atoms with Crippen LogP contribution in [0.5, 0.6) is 0 Å². The van der Waals surface area contributed by atoms with Crippen LogP contribution in [-0.4, -0.2) is 16.8 Å². The molecule has 21 heavy (non-hydrogen) atoms. The molecule has 0 saturated carbocycles. The van der Waals surface area contributed by atoms with Gasteiger partial charge in [-0.2, -0.15) is 0 Å². The van der Waals surface area contributed by atoms with Crippen molar-refractivity contribution in [2.24, 2.45) is 0 Å². The summed E-state index contributed by atoms with van der Waals surface area (Å²) in [6.45, 7) is 0. The lowest BCUT2D eigenvalue weighted by molar-refractivity contribution is -0.131. The monoisotopic (exact) mass is 301 g/mol. The third kappa shape index (κ3) is 4.19. The second kappa shape index (κ2) is 6.72. The smallest absolute Gasteiger partial charge is 0.296 e. The topological polar surface area (TPSA) is 66.4 Å². The number of ketones is 1. The minimum Gasteiger partial charge on any atom is -0.507 e. The lowest BCUT2D eigenvalue weighted by Gasteiger charge is -2.03. The SMILES string of the molecule is O=C(C=C(O)c1ccc(Cl)cc1)C(=O)Nc1ccccc1. The fraction of sp³-hybridized carbons (Fsp3) is 0. The van der Waals surface area contributed by atoms with Gasteiger partial charge in [0.2, 0.25) is 5.78 Å². The number of hydrogen-bond donors (Lipinski definition) is 2. The summed E-state index contributed by atoms with van der Waals surface area (Å²) in [5.41, 5.74) is 0.912. The Bertz CT molecular complexity index is 678. The number of rotatable bonds is 4. The summed E-state index contributed by atoms with van der Waals surface area (Å²) in [7, 11) is 0. The molecule has 2 aromatic rings. The summed E-state index contributed by atoms with van der Waals surface area (Å²) >= 11 is 5.73. The second-order valence-electron chi connectivity index (χ2n) is 4.22. The Morgan fingerprint density at radius 2 is 1.62 bits per heavy atom. The highest BCUT2D eigenvalue weighted by atomic mass is 35.5. The normalized spacial score (nSPS) is 11.0. The van der Waals surface area contributed by atoms with Gasteiger partial charge in [-0.1, -0.05) is 29.8 Å². The van der Waals surface area contributed by atoms with E-state index in [4.69, 9.17) is 11.6 Å². The molecule has 106 valence electrons. The molecule has 0 bridgehead atoms. The van der Waals surface area contributed by atoms with E-state index in [1.807, 2.05) is 0 Å². The Hall–Kier alpha value is -2.59. The molecule has 0 atom stereocenters. The first kappa shape index (κ1) is 14.8. The van der Waals surface area contributed by atoms with Gasteiger partial charge in [-0.3, -0.25) is 9.59 Å². The molecule has 0 spiro atoms. The van der Waals surface area contributed by atoms with E-state index in [0.29, 0.717) is 16.3 Å². The zero-order chi connectivity index (χ0) is 15.2. The van der Waals surface area contributed by atoms with Crippen molar-refractivity contribution >= 4 is 34.7 Å². The number of carbonyl (C=O) groups is 2. The molecule has 0 saturated heterocycles. The number of carbonyl (C=O) groups excluding carboxylic acids is 2. The molecule has 2 aromatic carbocycles. The van der Waals surface area contributed by atoms with E-state index < -0.39 is 11.7 Å². The summed E-state index contributed by atoms with van der Waals surface area (Å²) < 4.78 is 0. The predicted octanol–water partition coefficient (Wildman–Crippen LogP) is 3.45. The number of halogens is 1. The first-order valence-corrected chi connectivity index (χ1v) is 6.51. The minimum absolute atomic E-state index is 0.292. The highest BCUT2D eigenvalue weighted by Crippen LogP contribution is 2.15. The van der Waals surface area contributed by atoms with E-state index in [-0.39, 0.29) is 5.76 Å². The summed E-state index contributed by atoms with van der Waals surface area (Å²) in [5.74, 6) is -1.95. The highest BCUT2D eigenvalue weighted by Gasteiger charge is 2.13. The van der Waals surface area contributed by atoms with Crippen molar-refractivity contribution in [2.75, 3.05) is 5.32 Å². The lowest BCUT2D eigenvalue weighted by atomic mass is 10.1. The van der Waals surface area contributed by atoms with E-state index >= 15 is 0 Å². The lowest BCUT2D eigenvalue weighted by Crippen LogP contribution is -2.21. The molecule has 1 amide bonds. The zero-order valence-corrected chi connectivity index (χ0v) is 11.7. The molecule has 0 aromatic heterocycles. The van der Waals surface area contributed by atoms with Crippen molar-refractivity contribution in [3.05, 3.63) is 71.3 Å². The Balaban J connectivity index is 2.07. The van der Waals surface area contributed by atoms with Crippen LogP contribution in [0.4, 0.5) is 5.69 Å². The molecule has 0 radical (unpaired) electrons. The molecule has 2 N–H and O–H groups in total. The molecule has 4 nitrogen and oxygen atoms in total. The van der Waals surface area contributed by atoms with E-state index in [2.05, 4.69) is 5.32 Å². The standard InChI is InChI=1S/C16H12ClNO3/c17-12-8-6-11(7-9-12)14(19)10-15(20)16(21)18-13-4-2-1-3-5-13/h1-10,19H,(H,18,21). The van der Waals surface area contributed by atoms with Gasteiger partial charge in [-0.15, -0.1) is 0 Å². The summed E-state index contributed by atoms with van der Waals surface area (Å²) in [6.07, 6.45) is 0.876. The zero-order valence-electron chi connectivity index (χ0n) is 10.9. The number of nitrogens with one attached hydrogen (secondary N) is 1. The second-order valence-corrected chi connectivity index (χ2v) is 4.66. The number of benzene rings is 2. The van der Waals surface area contributed by atoms with E-state index in [0.717, 1.165) is 6.08 Å². The van der Waals surface area contributed by atoms with Gasteiger partial charge in [-0.05, 0) is 36.4 Å². The maximum absolute atomic E-state index is 11.7. The number of para-hydroxylation sites is 1. The summed E-state index contributed by atoms with van der Waals surface area (Å²) in [6, 6.07) is 14.9. The van der Waals surface area contributed by atoms with Gasteiger partial charge in [0.25, 0.3) is 5.91 Å². The summed E-state index contributed by atoms with van der Waals surface area (Å²) in [5, 5.41) is 12.8. The molecule has 5 heteroatoms. The van der Waals surface area contributed by atoms with Crippen molar-refractivity contribution in [1.29, 1.82) is 0 Å². The van der Waals surface area contributed by atoms with Gasteiger partial charge in [0, 0.05) is 22.3 Å². The maximum Gasteiger partial charge on any atom is 0.296 e. The highest BCUT2D eigenvalue weighted by molar-refractivity contribution is 6.45. The fourth-order valence-corrected chi connectivity index (χ4v) is 1.73. The number of aliphatic hydroxyl groups excluding tert-OH is 1. The van der Waals surface area contributed by atoms with Gasteiger partial charge < -0.3 is 10.4 Å². The van der Waals surface area contributed by atoms with Gasteiger partial charge in [0.15, 0.2) is 0 Å². The van der Waals surface area contributed by atoms with Crippen LogP contribution >= 0.6 is 11.6 Å². The van der Waals surface area contributed by atoms with Gasteiger partial charge in [-0.25, -0.2) is 0 Å². The molecule has 0 aliphatic heterocycles. The van der Waals surface area contributed by atoms with Crippen LogP contribution in [0.3, 0.4) is 0 Å². The van der Waals surface area contributed by atoms with Gasteiger partial charge in [0.1, 0.15) is 5.76 Å². The van der Waals surface area contributed by atoms with Crippen molar-refractivity contribution in [2.45, 2.75) is 0 Å². The Morgan fingerprint density at radius 3 is 2.24 bits per heavy atom. The average Bonchev–Trinajstić information content (AvgIpc) is 2.48. The summed E-state index contributed by atoms with van der Waals surface area (Å²) in [4.78, 5) is 23.4. The van der Waals surface area contributed by atoms with E-state index in [1.54, 1.807) is 54.6 Å². The van der Waals surface area contributed by atoms with Crippen LogP contribution in [0, 0.1) is 0 Å². The largest absolute Gasteiger partial charge is 0.507 e. The van der Waals surface area contributed by atoms with Crippen LogP contribution in [0.25, 0.3) is 5.76 Å². The van der Waals surface area contributed by atoms with Crippen molar-refractivity contribution in [3.8, 4) is 0 Å². The molecule has 2 rings (SSSR count). The Kier molecular flexibility index (Phi) is 4.74. The average molecular weight is 302 g/mol. The van der Waals surface area contributed by atoms with E-state index in [9.17, 15) is 14.7 Å². The quantitative estimate of drug-likeness (QED) is 0.516. The Labute approximate surface area is 126 Å². The molecule has 0 fully saturated rings. The van der Waals surface area contributed by atoms with Gasteiger partial charge >= 0.3 is 0 Å².